The van der Waals surface area contributed by atoms with Crippen molar-refractivity contribution < 1.29 is 24.1 Å². The minimum absolute atomic E-state index is 0.00318. The van der Waals surface area contributed by atoms with E-state index in [1.165, 1.54) is 20.0 Å². The van der Waals surface area contributed by atoms with Crippen LogP contribution < -0.4 is 9.47 Å². The van der Waals surface area contributed by atoms with Gasteiger partial charge < -0.3 is 24.2 Å². The Bertz CT molecular complexity index is 643. The van der Waals surface area contributed by atoms with Gasteiger partial charge in [0.15, 0.2) is 11.5 Å². The van der Waals surface area contributed by atoms with Crippen LogP contribution in [0.25, 0.3) is 0 Å². The highest BCUT2D eigenvalue weighted by atomic mass is 16.5. The fraction of sp³-hybridized carbons (Fsp3) is 0.650. The molecule has 1 N–H and O–H groups in total. The number of benzene rings is 1. The number of ether oxygens (including phenoxy) is 3. The van der Waals surface area contributed by atoms with Crippen molar-refractivity contribution in [3.05, 3.63) is 23.8 Å². The lowest BCUT2D eigenvalue weighted by Gasteiger charge is -2.29. The molecule has 1 aromatic rings. The monoisotopic (exact) mass is 363 g/mol. The van der Waals surface area contributed by atoms with Gasteiger partial charge in [0.05, 0.1) is 26.9 Å². The Kier molecular flexibility index (Phi) is 5.61. The predicted octanol–water partition coefficient (Wildman–Crippen LogP) is 3.18. The second-order valence-electron chi connectivity index (χ2n) is 7.65. The van der Waals surface area contributed by atoms with Gasteiger partial charge in [0.25, 0.3) is 0 Å². The summed E-state index contributed by atoms with van der Waals surface area (Å²) in [5, 5.41) is 9.99. The first-order valence-corrected chi connectivity index (χ1v) is 9.29. The average Bonchev–Trinajstić information content (AvgIpc) is 3.29. The third-order valence-electron chi connectivity index (χ3n) is 5.78. The molecule has 1 saturated carbocycles. The molecular formula is C20H29NO5. The molecule has 0 unspecified atom stereocenters. The molecule has 0 spiro atoms. The summed E-state index contributed by atoms with van der Waals surface area (Å²) in [7, 11) is 3.02. The zero-order valence-corrected chi connectivity index (χ0v) is 15.9. The largest absolute Gasteiger partial charge is 0.493 e. The van der Waals surface area contributed by atoms with Gasteiger partial charge >= 0.3 is 6.09 Å². The third-order valence-corrected chi connectivity index (χ3v) is 5.78. The smallest absolute Gasteiger partial charge is 0.409 e. The number of aliphatic hydroxyl groups is 1. The van der Waals surface area contributed by atoms with Crippen LogP contribution in [0.3, 0.4) is 0 Å². The van der Waals surface area contributed by atoms with E-state index >= 15 is 0 Å². The molecule has 1 aromatic carbocycles. The molecule has 1 heterocycles. The van der Waals surface area contributed by atoms with E-state index in [1.807, 2.05) is 25.1 Å². The number of carbonyl (C=O) groups excluding carboxylic acids is 1. The van der Waals surface area contributed by atoms with Crippen LogP contribution in [0.2, 0.25) is 0 Å². The molecule has 0 aromatic heterocycles. The second-order valence-corrected chi connectivity index (χ2v) is 7.65. The molecule has 2 atom stereocenters. The molecular weight excluding hydrogens is 334 g/mol. The Hall–Kier alpha value is -1.95. The lowest BCUT2D eigenvalue weighted by molar-refractivity contribution is 0.113. The number of methoxy groups -OCH3 is 2. The number of rotatable bonds is 5. The van der Waals surface area contributed by atoms with Crippen LogP contribution in [-0.2, 0) is 4.74 Å². The molecule has 0 radical (unpaired) electrons. The average molecular weight is 363 g/mol. The molecule has 26 heavy (non-hydrogen) atoms. The molecule has 1 aliphatic heterocycles. The van der Waals surface area contributed by atoms with Crippen LogP contribution in [0.15, 0.2) is 18.2 Å². The van der Waals surface area contributed by atoms with Gasteiger partial charge in [-0.15, -0.1) is 0 Å². The maximum absolute atomic E-state index is 12.0. The topological polar surface area (TPSA) is 68.2 Å². The Labute approximate surface area is 155 Å². The molecule has 1 aliphatic carbocycles. The molecule has 1 saturated heterocycles. The standard InChI is InChI=1S/C20H29NO5/c1-20(13-22)12-21(19(23)25-3)11-16(20)14-8-9-17(24-2)18(10-14)26-15-6-4-5-7-15/h8-10,15-16,22H,4-7,11-13H2,1-3H3/t16-,20-/m0/s1. The molecule has 2 aliphatic rings. The molecule has 2 fully saturated rings. The van der Waals surface area contributed by atoms with Crippen LogP contribution in [0.1, 0.15) is 44.1 Å². The quantitative estimate of drug-likeness (QED) is 0.870. The number of amides is 1. The van der Waals surface area contributed by atoms with Crippen molar-refractivity contribution in [3.8, 4) is 11.5 Å². The van der Waals surface area contributed by atoms with Gasteiger partial charge in [-0.3, -0.25) is 0 Å². The van der Waals surface area contributed by atoms with Crippen molar-refractivity contribution in [2.45, 2.75) is 44.6 Å². The molecule has 6 heteroatoms. The van der Waals surface area contributed by atoms with Crippen molar-refractivity contribution in [1.82, 2.24) is 4.90 Å². The first-order valence-electron chi connectivity index (χ1n) is 9.29. The highest BCUT2D eigenvalue weighted by Crippen LogP contribution is 2.45. The van der Waals surface area contributed by atoms with E-state index in [9.17, 15) is 9.90 Å². The first-order chi connectivity index (χ1) is 12.5. The van der Waals surface area contributed by atoms with Crippen LogP contribution in [-0.4, -0.2) is 56.1 Å². The molecule has 1 amide bonds. The summed E-state index contributed by atoms with van der Waals surface area (Å²) in [6.07, 6.45) is 4.42. The zero-order chi connectivity index (χ0) is 18.7. The number of hydrogen-bond acceptors (Lipinski definition) is 5. The SMILES string of the molecule is COC(=O)N1C[C@@H](c2ccc(OC)c(OC3CCCC3)c2)[C@](C)(CO)C1. The van der Waals surface area contributed by atoms with Gasteiger partial charge in [0.1, 0.15) is 0 Å². The Morgan fingerprint density at radius 2 is 2.00 bits per heavy atom. The van der Waals surface area contributed by atoms with Crippen molar-refractivity contribution in [3.63, 3.8) is 0 Å². The number of carbonyl (C=O) groups is 1. The van der Waals surface area contributed by atoms with E-state index in [-0.39, 0.29) is 24.7 Å². The van der Waals surface area contributed by atoms with Gasteiger partial charge in [-0.2, -0.15) is 0 Å². The highest BCUT2D eigenvalue weighted by molar-refractivity contribution is 5.68. The van der Waals surface area contributed by atoms with Crippen molar-refractivity contribution in [2.24, 2.45) is 5.41 Å². The lowest BCUT2D eigenvalue weighted by atomic mass is 9.76. The van der Waals surface area contributed by atoms with Crippen LogP contribution in [0.5, 0.6) is 11.5 Å². The predicted molar refractivity (Wildman–Crippen MR) is 97.8 cm³/mol. The summed E-state index contributed by atoms with van der Waals surface area (Å²) in [6, 6.07) is 5.93. The summed E-state index contributed by atoms with van der Waals surface area (Å²) < 4.78 is 16.5. The Morgan fingerprint density at radius 1 is 1.27 bits per heavy atom. The number of nitrogens with zero attached hydrogens (tertiary/aromatic N) is 1. The highest BCUT2D eigenvalue weighted by Gasteiger charge is 2.45. The second kappa shape index (κ2) is 7.74. The van der Waals surface area contributed by atoms with Crippen molar-refractivity contribution in [1.29, 1.82) is 0 Å². The van der Waals surface area contributed by atoms with E-state index in [0.717, 1.165) is 24.2 Å². The number of hydrogen-bond donors (Lipinski definition) is 1. The summed E-state index contributed by atoms with van der Waals surface area (Å²) in [5.41, 5.74) is 0.620. The molecule has 144 valence electrons. The fourth-order valence-electron chi connectivity index (χ4n) is 4.18. The van der Waals surface area contributed by atoms with Crippen LogP contribution >= 0.6 is 0 Å². The van der Waals surface area contributed by atoms with Crippen molar-refractivity contribution in [2.75, 3.05) is 33.9 Å². The molecule has 6 nitrogen and oxygen atoms in total. The maximum Gasteiger partial charge on any atom is 0.409 e. The number of aliphatic hydroxyl groups excluding tert-OH is 1. The van der Waals surface area contributed by atoms with Gasteiger partial charge in [0.2, 0.25) is 0 Å². The normalized spacial score (nSPS) is 26.2. The Morgan fingerprint density at radius 3 is 2.62 bits per heavy atom. The Balaban J connectivity index is 1.88. The first kappa shape index (κ1) is 18.8. The van der Waals surface area contributed by atoms with Gasteiger partial charge in [-0.25, -0.2) is 4.79 Å². The third kappa shape index (κ3) is 3.61. The van der Waals surface area contributed by atoms with Gasteiger partial charge in [0, 0.05) is 24.4 Å². The number of likely N-dealkylation sites (tertiary alicyclic amines) is 1. The van der Waals surface area contributed by atoms with Crippen molar-refractivity contribution >= 4 is 6.09 Å². The molecule has 3 rings (SSSR count). The fourth-order valence-corrected chi connectivity index (χ4v) is 4.18. The van der Waals surface area contributed by atoms with Gasteiger partial charge in [-0.05, 0) is 43.4 Å². The summed E-state index contributed by atoms with van der Waals surface area (Å²) >= 11 is 0. The van der Waals surface area contributed by atoms with E-state index in [0.29, 0.717) is 18.8 Å². The van der Waals surface area contributed by atoms with E-state index < -0.39 is 5.41 Å². The van der Waals surface area contributed by atoms with Crippen LogP contribution in [0.4, 0.5) is 4.79 Å². The van der Waals surface area contributed by atoms with E-state index in [1.54, 1.807) is 12.0 Å². The summed E-state index contributed by atoms with van der Waals surface area (Å²) in [5.74, 6) is 1.46. The van der Waals surface area contributed by atoms with Crippen LogP contribution in [0, 0.1) is 5.41 Å². The molecule has 0 bridgehead atoms. The van der Waals surface area contributed by atoms with E-state index in [2.05, 4.69) is 0 Å². The maximum atomic E-state index is 12.0. The van der Waals surface area contributed by atoms with E-state index in [4.69, 9.17) is 14.2 Å². The summed E-state index contributed by atoms with van der Waals surface area (Å²) in [4.78, 5) is 13.6. The van der Waals surface area contributed by atoms with Gasteiger partial charge in [-0.1, -0.05) is 13.0 Å². The minimum atomic E-state index is -0.423. The zero-order valence-electron chi connectivity index (χ0n) is 15.9. The minimum Gasteiger partial charge on any atom is -0.493 e. The summed E-state index contributed by atoms with van der Waals surface area (Å²) in [6.45, 7) is 2.98. The lowest BCUT2D eigenvalue weighted by Crippen LogP contribution is -2.32.